The van der Waals surface area contributed by atoms with Crippen molar-refractivity contribution >= 4 is 17.0 Å². The number of methoxy groups -OCH3 is 1. The normalized spacial score (nSPS) is 17.6. The van der Waals surface area contributed by atoms with Crippen LogP contribution in [0.1, 0.15) is 28.9 Å². The number of carbonyl (C=O) groups is 1. The first-order valence-corrected chi connectivity index (χ1v) is 7.35. The Labute approximate surface area is 131 Å². The van der Waals surface area contributed by atoms with Gasteiger partial charge in [-0.15, -0.1) is 0 Å². The first kappa shape index (κ1) is 15.4. The van der Waals surface area contributed by atoms with Crippen LogP contribution in [0.25, 0.3) is 11.0 Å². The Morgan fingerprint density at radius 2 is 2.30 bits per heavy atom. The number of rotatable bonds is 3. The van der Waals surface area contributed by atoms with Gasteiger partial charge in [0.15, 0.2) is 0 Å². The van der Waals surface area contributed by atoms with Crippen molar-refractivity contribution in [3.05, 3.63) is 38.2 Å². The molecule has 1 aliphatic rings. The van der Waals surface area contributed by atoms with Crippen molar-refractivity contribution < 1.29 is 14.3 Å². The summed E-state index contributed by atoms with van der Waals surface area (Å²) in [6.45, 7) is 2.61. The second-order valence-electron chi connectivity index (χ2n) is 5.49. The van der Waals surface area contributed by atoms with E-state index >= 15 is 0 Å². The molecule has 1 fully saturated rings. The van der Waals surface area contributed by atoms with Crippen molar-refractivity contribution in [3.8, 4) is 0 Å². The lowest BCUT2D eigenvalue weighted by Gasteiger charge is -2.14. The summed E-state index contributed by atoms with van der Waals surface area (Å²) in [6.07, 6.45) is 1.72. The van der Waals surface area contributed by atoms with E-state index in [2.05, 4.69) is 14.7 Å². The fraction of sp³-hybridized carbons (Fsp3) is 0.467. The van der Waals surface area contributed by atoms with E-state index in [4.69, 9.17) is 4.74 Å². The Morgan fingerprint density at radius 1 is 1.52 bits per heavy atom. The maximum Gasteiger partial charge on any atom is 0.339 e. The molecule has 0 spiro atoms. The van der Waals surface area contributed by atoms with E-state index in [9.17, 15) is 14.4 Å². The third-order valence-corrected chi connectivity index (χ3v) is 3.97. The Kier molecular flexibility index (Phi) is 3.99. The Balaban J connectivity index is 2.20. The van der Waals surface area contributed by atoms with Crippen molar-refractivity contribution in [2.45, 2.75) is 32.4 Å². The fourth-order valence-corrected chi connectivity index (χ4v) is 2.77. The van der Waals surface area contributed by atoms with E-state index in [1.165, 1.54) is 17.7 Å². The molecule has 0 aliphatic carbocycles. The zero-order chi connectivity index (χ0) is 16.6. The summed E-state index contributed by atoms with van der Waals surface area (Å²) in [5.74, 6) is -0.576. The number of aromatic nitrogens is 3. The van der Waals surface area contributed by atoms with E-state index in [-0.39, 0.29) is 22.7 Å². The third kappa shape index (κ3) is 2.77. The van der Waals surface area contributed by atoms with Gasteiger partial charge in [-0.1, -0.05) is 0 Å². The van der Waals surface area contributed by atoms with Gasteiger partial charge in [0.1, 0.15) is 5.65 Å². The molecule has 3 rings (SSSR count). The zero-order valence-electron chi connectivity index (χ0n) is 12.9. The molecule has 2 aromatic rings. The Hall–Kier alpha value is -2.48. The number of nitrogens with zero attached hydrogens (tertiary/aromatic N) is 2. The summed E-state index contributed by atoms with van der Waals surface area (Å²) in [6, 6.07) is 1.41. The minimum Gasteiger partial charge on any atom is -0.465 e. The molecule has 1 atom stereocenters. The van der Waals surface area contributed by atoms with Crippen LogP contribution >= 0.6 is 0 Å². The first-order valence-electron chi connectivity index (χ1n) is 7.35. The molecular formula is C15H17N3O5. The maximum atomic E-state index is 12.1. The van der Waals surface area contributed by atoms with Gasteiger partial charge in [-0.3, -0.25) is 14.3 Å². The van der Waals surface area contributed by atoms with Crippen molar-refractivity contribution in [1.29, 1.82) is 0 Å². The number of nitrogens with one attached hydrogen (secondary N) is 1. The third-order valence-electron chi connectivity index (χ3n) is 3.97. The molecule has 0 radical (unpaired) electrons. The van der Waals surface area contributed by atoms with Gasteiger partial charge in [-0.05, 0) is 25.8 Å². The molecule has 1 saturated heterocycles. The second kappa shape index (κ2) is 5.96. The number of aryl methyl sites for hydroxylation is 1. The number of carbonyl (C=O) groups excluding carboxylic acids is 1. The number of hydrogen-bond donors (Lipinski definition) is 1. The summed E-state index contributed by atoms with van der Waals surface area (Å²) in [4.78, 5) is 42.5. The highest BCUT2D eigenvalue weighted by Crippen LogP contribution is 2.17. The monoisotopic (exact) mass is 319 g/mol. The molecule has 3 heterocycles. The fourth-order valence-electron chi connectivity index (χ4n) is 2.77. The van der Waals surface area contributed by atoms with Crippen molar-refractivity contribution in [1.82, 2.24) is 14.5 Å². The predicted octanol–water partition coefficient (Wildman–Crippen LogP) is 0.359. The summed E-state index contributed by atoms with van der Waals surface area (Å²) >= 11 is 0. The molecule has 2 aromatic heterocycles. The highest BCUT2D eigenvalue weighted by atomic mass is 16.5. The average molecular weight is 319 g/mol. The van der Waals surface area contributed by atoms with Crippen LogP contribution in [-0.4, -0.2) is 40.3 Å². The van der Waals surface area contributed by atoms with Crippen LogP contribution in [0.15, 0.2) is 15.7 Å². The van der Waals surface area contributed by atoms with Gasteiger partial charge in [-0.2, -0.15) is 0 Å². The first-order chi connectivity index (χ1) is 11.0. The molecule has 0 saturated carbocycles. The molecule has 1 aliphatic heterocycles. The minimum absolute atomic E-state index is 0.0795. The van der Waals surface area contributed by atoms with Crippen LogP contribution in [0.2, 0.25) is 0 Å². The summed E-state index contributed by atoms with van der Waals surface area (Å²) < 4.78 is 11.6. The summed E-state index contributed by atoms with van der Waals surface area (Å²) in [5.41, 5.74) is -0.260. The van der Waals surface area contributed by atoms with Crippen molar-refractivity contribution in [2.75, 3.05) is 13.7 Å². The standard InChI is InChI=1S/C15H17N3O5/c1-8-10(14(20)22-2)6-11-12(16-8)18(15(21)17-13(11)19)7-9-4-3-5-23-9/h6,9H,3-5,7H2,1-2H3,(H,17,19,21). The molecule has 8 heteroatoms. The van der Waals surface area contributed by atoms with Gasteiger partial charge in [0, 0.05) is 6.61 Å². The summed E-state index contributed by atoms with van der Waals surface area (Å²) in [5, 5.41) is 0.175. The highest BCUT2D eigenvalue weighted by Gasteiger charge is 2.21. The molecular weight excluding hydrogens is 302 g/mol. The van der Waals surface area contributed by atoms with Gasteiger partial charge >= 0.3 is 11.7 Å². The number of aromatic amines is 1. The number of fused-ring (bicyclic) bond motifs is 1. The van der Waals surface area contributed by atoms with Crippen LogP contribution < -0.4 is 11.2 Å². The average Bonchev–Trinajstić information content (AvgIpc) is 3.03. The van der Waals surface area contributed by atoms with E-state index in [1.807, 2.05) is 0 Å². The molecule has 23 heavy (non-hydrogen) atoms. The molecule has 122 valence electrons. The number of pyridine rings is 1. The maximum absolute atomic E-state index is 12.1. The SMILES string of the molecule is COC(=O)c1cc2c(=O)[nH]c(=O)n(CC3CCCO3)c2nc1C. The number of hydrogen-bond acceptors (Lipinski definition) is 6. The zero-order valence-corrected chi connectivity index (χ0v) is 12.9. The Bertz CT molecular complexity index is 877. The lowest BCUT2D eigenvalue weighted by molar-refractivity contribution is 0.0599. The lowest BCUT2D eigenvalue weighted by Crippen LogP contribution is -2.34. The lowest BCUT2D eigenvalue weighted by atomic mass is 10.1. The van der Waals surface area contributed by atoms with E-state index in [1.54, 1.807) is 6.92 Å². The van der Waals surface area contributed by atoms with E-state index in [0.717, 1.165) is 12.8 Å². The highest BCUT2D eigenvalue weighted by molar-refractivity contribution is 5.94. The number of H-pyrrole nitrogens is 1. The van der Waals surface area contributed by atoms with E-state index < -0.39 is 17.2 Å². The smallest absolute Gasteiger partial charge is 0.339 e. The molecule has 1 unspecified atom stereocenters. The van der Waals surface area contributed by atoms with E-state index in [0.29, 0.717) is 18.8 Å². The molecule has 0 aromatic carbocycles. The van der Waals surface area contributed by atoms with Crippen LogP contribution in [0.3, 0.4) is 0 Å². The molecule has 0 bridgehead atoms. The number of ether oxygens (including phenoxy) is 2. The topological polar surface area (TPSA) is 103 Å². The molecule has 1 N–H and O–H groups in total. The quantitative estimate of drug-likeness (QED) is 0.819. The Morgan fingerprint density at radius 3 is 2.96 bits per heavy atom. The van der Waals surface area contributed by atoms with Crippen molar-refractivity contribution in [2.24, 2.45) is 0 Å². The summed E-state index contributed by atoms with van der Waals surface area (Å²) in [7, 11) is 1.26. The van der Waals surface area contributed by atoms with Crippen LogP contribution in [0, 0.1) is 6.92 Å². The van der Waals surface area contributed by atoms with Gasteiger partial charge < -0.3 is 9.47 Å². The van der Waals surface area contributed by atoms with Crippen LogP contribution in [-0.2, 0) is 16.0 Å². The van der Waals surface area contributed by atoms with Crippen molar-refractivity contribution in [3.63, 3.8) is 0 Å². The van der Waals surface area contributed by atoms with Gasteiger partial charge in [0.05, 0.1) is 36.4 Å². The van der Waals surface area contributed by atoms with Gasteiger partial charge in [0.25, 0.3) is 5.56 Å². The predicted molar refractivity (Wildman–Crippen MR) is 81.7 cm³/mol. The van der Waals surface area contributed by atoms with Crippen LogP contribution in [0.5, 0.6) is 0 Å². The number of esters is 1. The minimum atomic E-state index is -0.578. The molecule has 0 amide bonds. The van der Waals surface area contributed by atoms with Gasteiger partial charge in [-0.25, -0.2) is 14.6 Å². The second-order valence-corrected chi connectivity index (χ2v) is 5.49. The van der Waals surface area contributed by atoms with Gasteiger partial charge in [0.2, 0.25) is 0 Å². The van der Waals surface area contributed by atoms with Crippen LogP contribution in [0.4, 0.5) is 0 Å². The molecule has 8 nitrogen and oxygen atoms in total. The largest absolute Gasteiger partial charge is 0.465 e.